The lowest BCUT2D eigenvalue weighted by molar-refractivity contribution is 0.645. The molecule has 0 amide bonds. The topological polar surface area (TPSA) is 82.9 Å². The van der Waals surface area contributed by atoms with Crippen LogP contribution in [0.5, 0.6) is 0 Å². The van der Waals surface area contributed by atoms with Crippen LogP contribution in [0.1, 0.15) is 5.56 Å². The number of nitrogen functional groups attached to an aromatic ring is 1. The third-order valence-electron chi connectivity index (χ3n) is 3.43. The highest BCUT2D eigenvalue weighted by Crippen LogP contribution is 2.16. The number of anilines is 1. The Hall–Kier alpha value is -2.89. The maximum absolute atomic E-state index is 12.1. The summed E-state index contributed by atoms with van der Waals surface area (Å²) in [4.78, 5) is 28.5. The van der Waals surface area contributed by atoms with Crippen molar-refractivity contribution in [2.75, 3.05) is 5.73 Å². The van der Waals surface area contributed by atoms with E-state index in [9.17, 15) is 9.59 Å². The number of para-hydroxylation sites is 1. The van der Waals surface area contributed by atoms with Gasteiger partial charge in [-0.1, -0.05) is 18.2 Å². The Bertz CT molecular complexity index is 901. The average molecular weight is 282 g/mol. The van der Waals surface area contributed by atoms with Crippen molar-refractivity contribution in [2.24, 2.45) is 7.05 Å². The number of rotatable bonds is 2. The van der Waals surface area contributed by atoms with E-state index in [2.05, 4.69) is 4.98 Å². The van der Waals surface area contributed by atoms with E-state index in [0.717, 1.165) is 21.0 Å². The molecule has 0 saturated heterocycles. The molecule has 0 fully saturated rings. The summed E-state index contributed by atoms with van der Waals surface area (Å²) >= 11 is 0. The van der Waals surface area contributed by atoms with Crippen LogP contribution in [-0.4, -0.2) is 14.1 Å². The fourth-order valence-electron chi connectivity index (χ4n) is 2.35. The third kappa shape index (κ3) is 2.20. The van der Waals surface area contributed by atoms with Gasteiger partial charge in [0, 0.05) is 24.8 Å². The zero-order chi connectivity index (χ0) is 15.0. The van der Waals surface area contributed by atoms with E-state index in [0.29, 0.717) is 0 Å². The predicted molar refractivity (Wildman–Crippen MR) is 81.2 cm³/mol. The second kappa shape index (κ2) is 4.90. The molecule has 0 saturated carbocycles. The standard InChI is InChI=1S/C15H14N4O2/c1-18-9-12(16)14(20)19(15(18)21)8-10-6-7-17-13-5-3-2-4-11(10)13/h2-7,9H,8,16H2,1H3. The lowest BCUT2D eigenvalue weighted by Gasteiger charge is -2.10. The second-order valence-electron chi connectivity index (χ2n) is 4.86. The maximum Gasteiger partial charge on any atom is 0.331 e. The molecule has 2 N–H and O–H groups in total. The van der Waals surface area contributed by atoms with Crippen LogP contribution in [-0.2, 0) is 13.6 Å². The number of aromatic nitrogens is 3. The average Bonchev–Trinajstić information content (AvgIpc) is 2.50. The molecule has 0 atom stereocenters. The molecule has 0 unspecified atom stereocenters. The molecule has 2 heterocycles. The Morgan fingerprint density at radius 2 is 1.95 bits per heavy atom. The van der Waals surface area contributed by atoms with Crippen molar-refractivity contribution in [3.05, 3.63) is 69.1 Å². The predicted octanol–water partition coefficient (Wildman–Crippen LogP) is 0.726. The summed E-state index contributed by atoms with van der Waals surface area (Å²) in [5.74, 6) is 0. The molecule has 1 aromatic carbocycles. The highest BCUT2D eigenvalue weighted by atomic mass is 16.2. The van der Waals surface area contributed by atoms with Crippen LogP contribution in [0.3, 0.4) is 0 Å². The molecular weight excluding hydrogens is 268 g/mol. The number of hydrogen-bond acceptors (Lipinski definition) is 4. The third-order valence-corrected chi connectivity index (χ3v) is 3.43. The Morgan fingerprint density at radius 3 is 2.76 bits per heavy atom. The van der Waals surface area contributed by atoms with Gasteiger partial charge in [-0.05, 0) is 17.7 Å². The van der Waals surface area contributed by atoms with Crippen LogP contribution in [0.25, 0.3) is 10.9 Å². The Kier molecular flexibility index (Phi) is 3.06. The number of pyridine rings is 1. The molecule has 0 spiro atoms. The Balaban J connectivity index is 2.21. The molecule has 6 nitrogen and oxygen atoms in total. The highest BCUT2D eigenvalue weighted by molar-refractivity contribution is 5.81. The molecule has 0 aliphatic carbocycles. The molecule has 2 aromatic heterocycles. The van der Waals surface area contributed by atoms with Gasteiger partial charge in [0.15, 0.2) is 0 Å². The molecule has 0 aliphatic rings. The minimum absolute atomic E-state index is 0.0514. The molecule has 0 aliphatic heterocycles. The van der Waals surface area contributed by atoms with E-state index in [1.54, 1.807) is 19.3 Å². The molecule has 3 rings (SSSR count). The SMILES string of the molecule is Cn1cc(N)c(=O)n(Cc2ccnc3ccccc23)c1=O. The molecule has 0 radical (unpaired) electrons. The van der Waals surface area contributed by atoms with E-state index >= 15 is 0 Å². The zero-order valence-corrected chi connectivity index (χ0v) is 11.5. The van der Waals surface area contributed by atoms with Gasteiger partial charge in [-0.25, -0.2) is 4.79 Å². The van der Waals surface area contributed by atoms with Crippen molar-refractivity contribution >= 4 is 16.6 Å². The largest absolute Gasteiger partial charge is 0.393 e. The van der Waals surface area contributed by atoms with Gasteiger partial charge in [-0.2, -0.15) is 0 Å². The molecule has 21 heavy (non-hydrogen) atoms. The van der Waals surface area contributed by atoms with Crippen LogP contribution < -0.4 is 17.0 Å². The van der Waals surface area contributed by atoms with Gasteiger partial charge < -0.3 is 10.3 Å². The van der Waals surface area contributed by atoms with Gasteiger partial charge in [-0.15, -0.1) is 0 Å². The second-order valence-corrected chi connectivity index (χ2v) is 4.86. The van der Waals surface area contributed by atoms with Crippen LogP contribution in [0, 0.1) is 0 Å². The maximum atomic E-state index is 12.1. The van der Waals surface area contributed by atoms with E-state index in [-0.39, 0.29) is 12.2 Å². The van der Waals surface area contributed by atoms with Crippen LogP contribution in [0.15, 0.2) is 52.3 Å². The number of fused-ring (bicyclic) bond motifs is 1. The van der Waals surface area contributed by atoms with Crippen LogP contribution in [0.2, 0.25) is 0 Å². The van der Waals surface area contributed by atoms with E-state index in [1.165, 1.54) is 10.8 Å². The first-order valence-electron chi connectivity index (χ1n) is 6.46. The monoisotopic (exact) mass is 282 g/mol. The van der Waals surface area contributed by atoms with E-state index in [4.69, 9.17) is 5.73 Å². The lowest BCUT2D eigenvalue weighted by Crippen LogP contribution is -2.40. The van der Waals surface area contributed by atoms with Gasteiger partial charge in [0.2, 0.25) is 0 Å². The summed E-state index contributed by atoms with van der Waals surface area (Å²) in [7, 11) is 1.57. The summed E-state index contributed by atoms with van der Waals surface area (Å²) in [6.45, 7) is 0.166. The zero-order valence-electron chi connectivity index (χ0n) is 11.5. The summed E-state index contributed by atoms with van der Waals surface area (Å²) in [5, 5.41) is 0.913. The van der Waals surface area contributed by atoms with Crippen molar-refractivity contribution in [3.63, 3.8) is 0 Å². The van der Waals surface area contributed by atoms with Crippen molar-refractivity contribution in [2.45, 2.75) is 6.54 Å². The van der Waals surface area contributed by atoms with Gasteiger partial charge >= 0.3 is 5.69 Å². The molecular formula is C15H14N4O2. The number of aryl methyl sites for hydroxylation is 1. The van der Waals surface area contributed by atoms with Crippen molar-refractivity contribution < 1.29 is 0 Å². The van der Waals surface area contributed by atoms with Gasteiger partial charge in [0.05, 0.1) is 12.1 Å². The summed E-state index contributed by atoms with van der Waals surface area (Å²) < 4.78 is 2.44. The van der Waals surface area contributed by atoms with Crippen molar-refractivity contribution in [3.8, 4) is 0 Å². The van der Waals surface area contributed by atoms with Gasteiger partial charge in [0.1, 0.15) is 5.69 Å². The summed E-state index contributed by atoms with van der Waals surface area (Å²) in [6.07, 6.45) is 3.01. The van der Waals surface area contributed by atoms with Gasteiger partial charge in [0.25, 0.3) is 5.56 Å². The minimum Gasteiger partial charge on any atom is -0.393 e. The Morgan fingerprint density at radius 1 is 1.19 bits per heavy atom. The Labute approximate surface area is 120 Å². The van der Waals surface area contributed by atoms with E-state index in [1.807, 2.05) is 24.3 Å². The van der Waals surface area contributed by atoms with Crippen molar-refractivity contribution in [1.29, 1.82) is 0 Å². The van der Waals surface area contributed by atoms with Crippen LogP contribution in [0.4, 0.5) is 5.69 Å². The van der Waals surface area contributed by atoms with Crippen LogP contribution >= 0.6 is 0 Å². The quantitative estimate of drug-likeness (QED) is 0.751. The first-order chi connectivity index (χ1) is 10.1. The fraction of sp³-hybridized carbons (Fsp3) is 0.133. The summed E-state index contributed by atoms with van der Waals surface area (Å²) in [6, 6.07) is 9.40. The first kappa shape index (κ1) is 13.1. The molecule has 6 heteroatoms. The summed E-state index contributed by atoms with van der Waals surface area (Å²) in [5.41, 5.74) is 6.51. The first-order valence-corrected chi connectivity index (χ1v) is 6.46. The smallest absolute Gasteiger partial charge is 0.331 e. The molecule has 0 bridgehead atoms. The number of nitrogens with zero attached hydrogens (tertiary/aromatic N) is 3. The number of hydrogen-bond donors (Lipinski definition) is 1. The minimum atomic E-state index is -0.473. The number of benzene rings is 1. The lowest BCUT2D eigenvalue weighted by atomic mass is 10.1. The highest BCUT2D eigenvalue weighted by Gasteiger charge is 2.10. The van der Waals surface area contributed by atoms with E-state index < -0.39 is 11.2 Å². The molecule has 106 valence electrons. The normalized spacial score (nSPS) is 10.9. The van der Waals surface area contributed by atoms with Gasteiger partial charge in [-0.3, -0.25) is 14.3 Å². The number of nitrogens with two attached hydrogens (primary N) is 1. The molecule has 3 aromatic rings. The van der Waals surface area contributed by atoms with Crippen molar-refractivity contribution in [1.82, 2.24) is 14.1 Å². The fourth-order valence-corrected chi connectivity index (χ4v) is 2.35.